The van der Waals surface area contributed by atoms with Crippen LogP contribution in [-0.4, -0.2) is 21.0 Å². The van der Waals surface area contributed by atoms with E-state index in [-0.39, 0.29) is 15.5 Å². The molecular weight excluding hydrogens is 188 g/mol. The lowest BCUT2D eigenvalue weighted by Crippen LogP contribution is -2.00. The van der Waals surface area contributed by atoms with Crippen LogP contribution in [0.15, 0.2) is 6.20 Å². The molecule has 0 aromatic carbocycles. The van der Waals surface area contributed by atoms with Crippen molar-refractivity contribution in [1.29, 1.82) is 0 Å². The van der Waals surface area contributed by atoms with Crippen LogP contribution in [0.5, 0.6) is 0 Å². The molecule has 58 valence electrons. The lowest BCUT2D eigenvalue weighted by Gasteiger charge is -1.94. The molecular formula is C5H3ClN2O2S. The van der Waals surface area contributed by atoms with Gasteiger partial charge in [0, 0.05) is 6.20 Å². The number of hydrogen-bond donors (Lipinski definition) is 2. The number of hydrogen-bond acceptors (Lipinski definition) is 3. The summed E-state index contributed by atoms with van der Waals surface area (Å²) in [6, 6.07) is 0. The lowest BCUT2D eigenvalue weighted by molar-refractivity contribution is 0.0696. The Bertz CT molecular complexity index is 349. The quantitative estimate of drug-likeness (QED) is 0.520. The highest BCUT2D eigenvalue weighted by Crippen LogP contribution is 2.09. The summed E-state index contributed by atoms with van der Waals surface area (Å²) in [5.41, 5.74) is -0.0831. The number of rotatable bonds is 1. The average molecular weight is 191 g/mol. The van der Waals surface area contributed by atoms with E-state index in [0.717, 1.165) is 6.20 Å². The van der Waals surface area contributed by atoms with Crippen LogP contribution in [0.1, 0.15) is 10.4 Å². The molecule has 0 atom stereocenters. The van der Waals surface area contributed by atoms with Gasteiger partial charge in [-0.1, -0.05) is 11.6 Å². The molecule has 0 saturated heterocycles. The summed E-state index contributed by atoms with van der Waals surface area (Å²) in [6.07, 6.45) is 1.11. The van der Waals surface area contributed by atoms with Crippen molar-refractivity contribution < 1.29 is 9.90 Å². The zero-order chi connectivity index (χ0) is 8.43. The lowest BCUT2D eigenvalue weighted by atomic mass is 10.3. The first kappa shape index (κ1) is 8.16. The molecule has 0 spiro atoms. The van der Waals surface area contributed by atoms with Gasteiger partial charge in [-0.05, 0) is 12.2 Å². The molecule has 4 nitrogen and oxygen atoms in total. The zero-order valence-corrected chi connectivity index (χ0v) is 6.74. The van der Waals surface area contributed by atoms with E-state index in [1.54, 1.807) is 0 Å². The fourth-order valence-corrected chi connectivity index (χ4v) is 0.952. The summed E-state index contributed by atoms with van der Waals surface area (Å²) in [4.78, 5) is 16.3. The monoisotopic (exact) mass is 190 g/mol. The van der Waals surface area contributed by atoms with Crippen molar-refractivity contribution in [1.82, 2.24) is 9.97 Å². The highest BCUT2D eigenvalue weighted by molar-refractivity contribution is 7.71. The van der Waals surface area contributed by atoms with E-state index in [9.17, 15) is 4.79 Å². The third kappa shape index (κ3) is 1.75. The number of aromatic amines is 1. The number of carboxylic acid groups (broad SMARTS) is 1. The molecule has 2 N–H and O–H groups in total. The first-order chi connectivity index (χ1) is 5.11. The van der Waals surface area contributed by atoms with Crippen molar-refractivity contribution in [2.75, 3.05) is 0 Å². The Morgan fingerprint density at radius 2 is 2.45 bits per heavy atom. The summed E-state index contributed by atoms with van der Waals surface area (Å²) in [6.45, 7) is 0. The molecule has 1 heterocycles. The predicted molar refractivity (Wildman–Crippen MR) is 41.4 cm³/mol. The van der Waals surface area contributed by atoms with Crippen LogP contribution in [0.25, 0.3) is 0 Å². The predicted octanol–water partition coefficient (Wildman–Crippen LogP) is 1.49. The third-order valence-corrected chi connectivity index (χ3v) is 1.50. The Morgan fingerprint density at radius 3 is 2.91 bits per heavy atom. The number of aromatic carboxylic acids is 1. The maximum absolute atomic E-state index is 10.4. The molecule has 0 amide bonds. The van der Waals surface area contributed by atoms with Crippen LogP contribution in [0.3, 0.4) is 0 Å². The van der Waals surface area contributed by atoms with Gasteiger partial charge in [-0.3, -0.25) is 0 Å². The Hall–Kier alpha value is -0.940. The van der Waals surface area contributed by atoms with Crippen LogP contribution in [0.2, 0.25) is 5.15 Å². The molecule has 0 saturated carbocycles. The second-order valence-corrected chi connectivity index (χ2v) is 2.49. The van der Waals surface area contributed by atoms with Gasteiger partial charge < -0.3 is 10.1 Å². The van der Waals surface area contributed by atoms with Gasteiger partial charge in [0.15, 0.2) is 4.77 Å². The fourth-order valence-electron chi connectivity index (χ4n) is 0.522. The number of aromatic nitrogens is 2. The van der Waals surface area contributed by atoms with Crippen molar-refractivity contribution in [3.8, 4) is 0 Å². The van der Waals surface area contributed by atoms with Crippen LogP contribution in [0, 0.1) is 4.77 Å². The van der Waals surface area contributed by atoms with Gasteiger partial charge in [-0.25, -0.2) is 9.78 Å². The number of halogens is 1. The first-order valence-corrected chi connectivity index (χ1v) is 3.38. The molecule has 0 unspecified atom stereocenters. The number of nitrogens with zero attached hydrogens (tertiary/aromatic N) is 1. The van der Waals surface area contributed by atoms with E-state index >= 15 is 0 Å². The van der Waals surface area contributed by atoms with E-state index in [1.807, 2.05) is 0 Å². The number of H-pyrrole nitrogens is 1. The smallest absolute Gasteiger partial charge is 0.340 e. The molecule has 0 aliphatic rings. The maximum atomic E-state index is 10.4. The van der Waals surface area contributed by atoms with Crippen LogP contribution < -0.4 is 0 Å². The second-order valence-electron chi connectivity index (χ2n) is 1.72. The van der Waals surface area contributed by atoms with Crippen LogP contribution in [0.4, 0.5) is 0 Å². The minimum atomic E-state index is -1.13. The first-order valence-electron chi connectivity index (χ1n) is 2.59. The molecule has 0 fully saturated rings. The summed E-state index contributed by atoms with van der Waals surface area (Å²) < 4.78 is 0.167. The Kier molecular flexibility index (Phi) is 2.21. The summed E-state index contributed by atoms with van der Waals surface area (Å²) >= 11 is 10.1. The standard InChI is InChI=1S/C5H3ClN2O2S/c6-3-2(4(9)10)1-7-5(11)8-3/h1H,(H,9,10)(H,7,8,11). The van der Waals surface area contributed by atoms with E-state index in [4.69, 9.17) is 16.7 Å². The number of carboxylic acids is 1. The molecule has 0 radical (unpaired) electrons. The molecule has 6 heteroatoms. The van der Waals surface area contributed by atoms with Gasteiger partial charge in [0.1, 0.15) is 10.7 Å². The van der Waals surface area contributed by atoms with E-state index in [2.05, 4.69) is 22.2 Å². The maximum Gasteiger partial charge on any atom is 0.340 e. The molecule has 0 aliphatic carbocycles. The fraction of sp³-hybridized carbons (Fsp3) is 0. The molecule has 1 aromatic heterocycles. The minimum Gasteiger partial charge on any atom is -0.478 e. The van der Waals surface area contributed by atoms with Crippen molar-refractivity contribution in [2.45, 2.75) is 0 Å². The summed E-state index contributed by atoms with van der Waals surface area (Å²) in [5, 5.41) is 8.48. The molecule has 1 aromatic rings. The zero-order valence-electron chi connectivity index (χ0n) is 5.17. The SMILES string of the molecule is O=C(O)c1cnc(=S)[nH]c1Cl. The van der Waals surface area contributed by atoms with Crippen LogP contribution >= 0.6 is 23.8 Å². The average Bonchev–Trinajstić information content (AvgIpc) is 1.85. The molecule has 0 bridgehead atoms. The van der Waals surface area contributed by atoms with Gasteiger partial charge in [0.05, 0.1) is 0 Å². The number of carbonyl (C=O) groups is 1. The highest BCUT2D eigenvalue weighted by atomic mass is 35.5. The largest absolute Gasteiger partial charge is 0.478 e. The van der Waals surface area contributed by atoms with E-state index < -0.39 is 5.97 Å². The van der Waals surface area contributed by atoms with Crippen molar-refractivity contribution in [3.05, 3.63) is 21.7 Å². The molecule has 11 heavy (non-hydrogen) atoms. The van der Waals surface area contributed by atoms with Crippen molar-refractivity contribution in [3.63, 3.8) is 0 Å². The molecule has 0 aliphatic heterocycles. The number of nitrogens with one attached hydrogen (secondary N) is 1. The van der Waals surface area contributed by atoms with E-state index in [0.29, 0.717) is 0 Å². The topological polar surface area (TPSA) is 66.0 Å². The second kappa shape index (κ2) is 2.98. The van der Waals surface area contributed by atoms with Gasteiger partial charge in [-0.2, -0.15) is 0 Å². The van der Waals surface area contributed by atoms with Crippen molar-refractivity contribution in [2.24, 2.45) is 0 Å². The van der Waals surface area contributed by atoms with Gasteiger partial charge in [0.2, 0.25) is 0 Å². The normalized spacial score (nSPS) is 9.55. The summed E-state index contributed by atoms with van der Waals surface area (Å²) in [5.74, 6) is -1.13. The summed E-state index contributed by atoms with van der Waals surface area (Å²) in [7, 11) is 0. The van der Waals surface area contributed by atoms with Gasteiger partial charge in [0.25, 0.3) is 0 Å². The Balaban J connectivity index is 3.31. The van der Waals surface area contributed by atoms with Crippen molar-refractivity contribution >= 4 is 29.8 Å². The van der Waals surface area contributed by atoms with Gasteiger partial charge in [-0.15, -0.1) is 0 Å². The highest BCUT2D eigenvalue weighted by Gasteiger charge is 2.07. The molecule has 1 rings (SSSR count). The van der Waals surface area contributed by atoms with E-state index in [1.165, 1.54) is 0 Å². The Morgan fingerprint density at radius 1 is 1.82 bits per heavy atom. The third-order valence-electron chi connectivity index (χ3n) is 0.994. The minimum absolute atomic E-state index is 0.00231. The van der Waals surface area contributed by atoms with Crippen LogP contribution in [-0.2, 0) is 0 Å². The Labute approximate surface area is 71.9 Å². The van der Waals surface area contributed by atoms with Gasteiger partial charge >= 0.3 is 5.97 Å².